The Hall–Kier alpha value is -2.57. The molecule has 1 saturated heterocycles. The van der Waals surface area contributed by atoms with E-state index in [1.165, 1.54) is 0 Å². The lowest BCUT2D eigenvalue weighted by atomic mass is 9.87. The molecule has 1 aromatic rings. The zero-order chi connectivity index (χ0) is 18.9. The average molecular weight is 358 g/mol. The van der Waals surface area contributed by atoms with E-state index in [1.807, 2.05) is 32.0 Å². The van der Waals surface area contributed by atoms with Crippen molar-refractivity contribution in [3.8, 4) is 0 Å². The van der Waals surface area contributed by atoms with Crippen molar-refractivity contribution in [3.05, 3.63) is 29.3 Å². The number of rotatable bonds is 5. The average Bonchev–Trinajstić information content (AvgIpc) is 2.86. The summed E-state index contributed by atoms with van der Waals surface area (Å²) in [5, 5.41) is 5.71. The van der Waals surface area contributed by atoms with Gasteiger partial charge >= 0.3 is 6.03 Å². The van der Waals surface area contributed by atoms with Crippen molar-refractivity contribution in [2.75, 3.05) is 12.3 Å². The van der Waals surface area contributed by atoms with Crippen molar-refractivity contribution in [1.82, 2.24) is 15.5 Å². The Morgan fingerprint density at radius 2 is 2.08 bits per heavy atom. The van der Waals surface area contributed by atoms with Gasteiger partial charge in [-0.15, -0.1) is 0 Å². The molecule has 7 heteroatoms. The molecule has 1 heterocycles. The number of aryl methyl sites for hydroxylation is 1. The fourth-order valence-corrected chi connectivity index (χ4v) is 3.92. The zero-order valence-corrected chi connectivity index (χ0v) is 15.3. The highest BCUT2D eigenvalue weighted by atomic mass is 16.2. The third-order valence-corrected chi connectivity index (χ3v) is 5.57. The minimum atomic E-state index is -0.883. The molecule has 140 valence electrons. The van der Waals surface area contributed by atoms with E-state index in [9.17, 15) is 14.4 Å². The smallest absolute Gasteiger partial charge is 0.325 e. The molecule has 0 spiro atoms. The van der Waals surface area contributed by atoms with Crippen LogP contribution in [-0.2, 0) is 16.0 Å². The van der Waals surface area contributed by atoms with Crippen LogP contribution in [0, 0.1) is 0 Å². The van der Waals surface area contributed by atoms with E-state index >= 15 is 0 Å². The van der Waals surface area contributed by atoms with Gasteiger partial charge in [0.05, 0.1) is 6.04 Å². The van der Waals surface area contributed by atoms with Crippen molar-refractivity contribution >= 4 is 23.5 Å². The van der Waals surface area contributed by atoms with Crippen LogP contribution in [0.3, 0.4) is 0 Å². The summed E-state index contributed by atoms with van der Waals surface area (Å²) in [6.45, 7) is 3.46. The molecule has 0 radical (unpaired) electrons. The lowest BCUT2D eigenvalue weighted by Crippen LogP contribution is -2.47. The summed E-state index contributed by atoms with van der Waals surface area (Å²) in [7, 11) is 0. The summed E-state index contributed by atoms with van der Waals surface area (Å²) in [5.74, 6) is -0.648. The minimum absolute atomic E-state index is 0.116. The number of carbonyl (C=O) groups is 3. The first-order valence-corrected chi connectivity index (χ1v) is 9.22. The summed E-state index contributed by atoms with van der Waals surface area (Å²) in [5.41, 5.74) is 7.88. The number of imide groups is 1. The maximum Gasteiger partial charge on any atom is 0.325 e. The molecular formula is C19H26N4O3. The van der Waals surface area contributed by atoms with Gasteiger partial charge in [-0.3, -0.25) is 14.5 Å². The first kappa shape index (κ1) is 18.2. The standard InChI is InChI=1S/C19H26N4O3/c1-3-19(4-2)17(25)23(18(26)22-19)11-16(24)21-15-7-5-6-12-10-13(20)8-9-14(12)15/h8-10,15H,3-7,11,20H2,1-2H3,(H,21,24)(H,22,26). The van der Waals surface area contributed by atoms with E-state index in [0.29, 0.717) is 18.5 Å². The van der Waals surface area contributed by atoms with Crippen LogP contribution in [0.2, 0.25) is 0 Å². The summed E-state index contributed by atoms with van der Waals surface area (Å²) in [6.07, 6.45) is 3.73. The Kier molecular flexibility index (Phi) is 4.89. The Balaban J connectivity index is 1.69. The number of urea groups is 1. The van der Waals surface area contributed by atoms with E-state index < -0.39 is 11.6 Å². The molecule has 1 fully saturated rings. The maximum absolute atomic E-state index is 12.6. The van der Waals surface area contributed by atoms with E-state index in [0.717, 1.165) is 35.3 Å². The Labute approximate surface area is 153 Å². The molecule has 1 aromatic carbocycles. The van der Waals surface area contributed by atoms with Crippen molar-refractivity contribution in [1.29, 1.82) is 0 Å². The largest absolute Gasteiger partial charge is 0.399 e. The molecule has 4 N–H and O–H groups in total. The molecule has 3 rings (SSSR count). The SMILES string of the molecule is CCC1(CC)NC(=O)N(CC(=O)NC2CCCc3cc(N)ccc32)C1=O. The molecule has 4 amide bonds. The van der Waals surface area contributed by atoms with Crippen LogP contribution < -0.4 is 16.4 Å². The molecule has 1 aliphatic carbocycles. The number of nitrogens with one attached hydrogen (secondary N) is 2. The summed E-state index contributed by atoms with van der Waals surface area (Å²) in [4.78, 5) is 38.3. The van der Waals surface area contributed by atoms with Crippen LogP contribution in [0.15, 0.2) is 18.2 Å². The van der Waals surface area contributed by atoms with Crippen LogP contribution in [0.25, 0.3) is 0 Å². The number of carbonyl (C=O) groups excluding carboxylic acids is 3. The Morgan fingerprint density at radius 1 is 1.35 bits per heavy atom. The van der Waals surface area contributed by atoms with Gasteiger partial charge in [0.1, 0.15) is 12.1 Å². The van der Waals surface area contributed by atoms with Gasteiger partial charge < -0.3 is 16.4 Å². The minimum Gasteiger partial charge on any atom is -0.399 e. The number of fused-ring (bicyclic) bond motifs is 1. The first-order chi connectivity index (χ1) is 12.4. The van der Waals surface area contributed by atoms with E-state index in [4.69, 9.17) is 5.73 Å². The van der Waals surface area contributed by atoms with Crippen molar-refractivity contribution in [2.45, 2.75) is 57.5 Å². The number of nitrogen functional groups attached to an aromatic ring is 1. The van der Waals surface area contributed by atoms with E-state index in [-0.39, 0.29) is 24.4 Å². The van der Waals surface area contributed by atoms with E-state index in [2.05, 4.69) is 10.6 Å². The molecule has 0 bridgehead atoms. The van der Waals surface area contributed by atoms with Crippen molar-refractivity contribution in [2.24, 2.45) is 0 Å². The first-order valence-electron chi connectivity index (χ1n) is 9.22. The summed E-state index contributed by atoms with van der Waals surface area (Å²) < 4.78 is 0. The fraction of sp³-hybridized carbons (Fsp3) is 0.526. The van der Waals surface area contributed by atoms with Gasteiger partial charge in [-0.2, -0.15) is 0 Å². The Bertz CT molecular complexity index is 742. The third-order valence-electron chi connectivity index (χ3n) is 5.57. The highest BCUT2D eigenvalue weighted by Crippen LogP contribution is 2.31. The van der Waals surface area contributed by atoms with Gasteiger partial charge in [-0.05, 0) is 55.4 Å². The van der Waals surface area contributed by atoms with Gasteiger partial charge in [0, 0.05) is 5.69 Å². The fourth-order valence-electron chi connectivity index (χ4n) is 3.92. The summed E-state index contributed by atoms with van der Waals surface area (Å²) in [6, 6.07) is 5.11. The Morgan fingerprint density at radius 3 is 2.73 bits per heavy atom. The number of nitrogens with zero attached hydrogens (tertiary/aromatic N) is 1. The van der Waals surface area contributed by atoms with Crippen molar-refractivity contribution < 1.29 is 14.4 Å². The molecule has 7 nitrogen and oxygen atoms in total. The number of amides is 4. The molecule has 0 saturated carbocycles. The highest BCUT2D eigenvalue weighted by molar-refractivity contribution is 6.09. The van der Waals surface area contributed by atoms with Gasteiger partial charge in [0.15, 0.2) is 0 Å². The summed E-state index contributed by atoms with van der Waals surface area (Å²) >= 11 is 0. The van der Waals surface area contributed by atoms with Crippen LogP contribution in [-0.4, -0.2) is 34.8 Å². The third kappa shape index (κ3) is 3.13. The topological polar surface area (TPSA) is 105 Å². The predicted molar refractivity (Wildman–Crippen MR) is 98.2 cm³/mol. The van der Waals surface area contributed by atoms with Gasteiger partial charge in [-0.1, -0.05) is 19.9 Å². The number of benzene rings is 1. The second kappa shape index (κ2) is 6.97. The molecule has 0 aromatic heterocycles. The number of anilines is 1. The van der Waals surface area contributed by atoms with Gasteiger partial charge in [0.25, 0.3) is 5.91 Å². The van der Waals surface area contributed by atoms with Crippen LogP contribution in [0.1, 0.15) is 56.7 Å². The number of hydrogen-bond acceptors (Lipinski definition) is 4. The second-order valence-corrected chi connectivity index (χ2v) is 7.08. The number of hydrogen-bond donors (Lipinski definition) is 3. The normalized spacial score (nSPS) is 21.3. The predicted octanol–water partition coefficient (Wildman–Crippen LogP) is 1.87. The highest BCUT2D eigenvalue weighted by Gasteiger charge is 2.49. The lowest BCUT2D eigenvalue weighted by Gasteiger charge is -2.27. The van der Waals surface area contributed by atoms with Gasteiger partial charge in [0.2, 0.25) is 5.91 Å². The van der Waals surface area contributed by atoms with Crippen LogP contribution in [0.5, 0.6) is 0 Å². The lowest BCUT2D eigenvalue weighted by molar-refractivity contribution is -0.135. The zero-order valence-electron chi connectivity index (χ0n) is 15.3. The molecule has 1 unspecified atom stereocenters. The molecule has 2 aliphatic rings. The second-order valence-electron chi connectivity index (χ2n) is 7.08. The van der Waals surface area contributed by atoms with Crippen LogP contribution in [0.4, 0.5) is 10.5 Å². The monoisotopic (exact) mass is 358 g/mol. The molecule has 1 aliphatic heterocycles. The maximum atomic E-state index is 12.6. The quantitative estimate of drug-likeness (QED) is 0.552. The molecule has 1 atom stereocenters. The molecular weight excluding hydrogens is 332 g/mol. The van der Waals surface area contributed by atoms with E-state index in [1.54, 1.807) is 0 Å². The number of nitrogens with two attached hydrogens (primary N) is 1. The molecule has 26 heavy (non-hydrogen) atoms. The van der Waals surface area contributed by atoms with Crippen molar-refractivity contribution in [3.63, 3.8) is 0 Å². The van der Waals surface area contributed by atoms with Crippen LogP contribution >= 0.6 is 0 Å². The van der Waals surface area contributed by atoms with Gasteiger partial charge in [-0.25, -0.2) is 4.79 Å².